The van der Waals surface area contributed by atoms with Crippen molar-refractivity contribution in [3.8, 4) is 0 Å². The lowest BCUT2D eigenvalue weighted by molar-refractivity contribution is -0.127. The summed E-state index contributed by atoms with van der Waals surface area (Å²) in [5.41, 5.74) is 0.618. The van der Waals surface area contributed by atoms with Crippen molar-refractivity contribution in [3.05, 3.63) is 47.2 Å². The SMILES string of the molecule is CN1C(=O)C[C@H](C(=O)Nc2nccs2)[C@H]1c1cccc(F)c1. The molecule has 2 heterocycles. The predicted molar refractivity (Wildman–Crippen MR) is 80.8 cm³/mol. The molecule has 2 aromatic rings. The van der Waals surface area contributed by atoms with Gasteiger partial charge in [0.05, 0.1) is 12.0 Å². The third kappa shape index (κ3) is 2.71. The van der Waals surface area contributed by atoms with Crippen molar-refractivity contribution in [2.24, 2.45) is 5.92 Å². The first-order valence-corrected chi connectivity index (χ1v) is 7.65. The predicted octanol–water partition coefficient (Wildman–Crippen LogP) is 2.44. The fourth-order valence-electron chi connectivity index (χ4n) is 2.73. The summed E-state index contributed by atoms with van der Waals surface area (Å²) in [6.07, 6.45) is 1.70. The van der Waals surface area contributed by atoms with E-state index in [-0.39, 0.29) is 24.1 Å². The van der Waals surface area contributed by atoms with Crippen LogP contribution in [0.4, 0.5) is 9.52 Å². The maximum absolute atomic E-state index is 13.5. The molecule has 0 unspecified atom stereocenters. The van der Waals surface area contributed by atoms with E-state index in [4.69, 9.17) is 0 Å². The molecule has 0 radical (unpaired) electrons. The van der Waals surface area contributed by atoms with Gasteiger partial charge < -0.3 is 10.2 Å². The van der Waals surface area contributed by atoms with E-state index in [2.05, 4.69) is 10.3 Å². The smallest absolute Gasteiger partial charge is 0.232 e. The van der Waals surface area contributed by atoms with Gasteiger partial charge in [-0.05, 0) is 17.7 Å². The molecule has 2 atom stereocenters. The first kappa shape index (κ1) is 14.6. The van der Waals surface area contributed by atoms with Gasteiger partial charge in [-0.1, -0.05) is 12.1 Å². The normalized spacial score (nSPS) is 21.2. The summed E-state index contributed by atoms with van der Waals surface area (Å²) in [6, 6.07) is 5.54. The highest BCUT2D eigenvalue weighted by atomic mass is 32.1. The van der Waals surface area contributed by atoms with Crippen LogP contribution in [0.15, 0.2) is 35.8 Å². The minimum Gasteiger partial charge on any atom is -0.338 e. The van der Waals surface area contributed by atoms with Crippen LogP contribution in [0.5, 0.6) is 0 Å². The van der Waals surface area contributed by atoms with Crippen molar-refractivity contribution in [3.63, 3.8) is 0 Å². The van der Waals surface area contributed by atoms with Crippen molar-refractivity contribution in [2.75, 3.05) is 12.4 Å². The van der Waals surface area contributed by atoms with Crippen LogP contribution in [-0.2, 0) is 9.59 Å². The second-order valence-corrected chi connectivity index (χ2v) is 6.04. The second kappa shape index (κ2) is 5.84. The summed E-state index contributed by atoms with van der Waals surface area (Å²) >= 11 is 1.31. The minimum absolute atomic E-state index is 0.106. The summed E-state index contributed by atoms with van der Waals surface area (Å²) in [4.78, 5) is 30.0. The van der Waals surface area contributed by atoms with E-state index < -0.39 is 12.0 Å². The number of rotatable bonds is 3. The number of hydrogen-bond donors (Lipinski definition) is 1. The highest BCUT2D eigenvalue weighted by molar-refractivity contribution is 7.13. The van der Waals surface area contributed by atoms with Gasteiger partial charge in [0, 0.05) is 25.0 Å². The maximum atomic E-state index is 13.5. The monoisotopic (exact) mass is 319 g/mol. The Kier molecular flexibility index (Phi) is 3.89. The van der Waals surface area contributed by atoms with Crippen molar-refractivity contribution < 1.29 is 14.0 Å². The Morgan fingerprint density at radius 1 is 1.50 bits per heavy atom. The van der Waals surface area contributed by atoms with Gasteiger partial charge in [-0.15, -0.1) is 11.3 Å². The molecule has 1 fully saturated rings. The zero-order valence-electron chi connectivity index (χ0n) is 11.8. The molecule has 1 saturated heterocycles. The van der Waals surface area contributed by atoms with Crippen LogP contribution in [0.3, 0.4) is 0 Å². The second-order valence-electron chi connectivity index (χ2n) is 5.14. The average molecular weight is 319 g/mol. The number of aromatic nitrogens is 1. The number of thiazole rings is 1. The molecule has 0 bridgehead atoms. The van der Waals surface area contributed by atoms with Crippen molar-refractivity contribution in [2.45, 2.75) is 12.5 Å². The molecular formula is C15H14FN3O2S. The van der Waals surface area contributed by atoms with E-state index in [0.717, 1.165) is 0 Å². The van der Waals surface area contributed by atoms with Crippen molar-refractivity contribution in [1.82, 2.24) is 9.88 Å². The number of nitrogens with one attached hydrogen (secondary N) is 1. The number of amides is 2. The minimum atomic E-state index is -0.566. The Morgan fingerprint density at radius 3 is 3.00 bits per heavy atom. The number of hydrogen-bond acceptors (Lipinski definition) is 4. The standard InChI is InChI=1S/C15H14FN3O2S/c1-19-12(20)8-11(14(21)18-15-17-5-6-22-15)13(19)9-3-2-4-10(16)7-9/h2-7,11,13H,8H2,1H3,(H,17,18,21)/t11-,13+/m0/s1. The Labute approximate surface area is 130 Å². The number of halogens is 1. The molecule has 1 aromatic heterocycles. The lowest BCUT2D eigenvalue weighted by Gasteiger charge is -2.24. The Balaban J connectivity index is 1.88. The van der Waals surface area contributed by atoms with E-state index in [9.17, 15) is 14.0 Å². The van der Waals surface area contributed by atoms with Crippen LogP contribution >= 0.6 is 11.3 Å². The Morgan fingerprint density at radius 2 is 2.32 bits per heavy atom. The summed E-state index contributed by atoms with van der Waals surface area (Å²) < 4.78 is 13.5. The number of anilines is 1. The van der Waals surface area contributed by atoms with E-state index >= 15 is 0 Å². The van der Waals surface area contributed by atoms with Crippen molar-refractivity contribution in [1.29, 1.82) is 0 Å². The Bertz CT molecular complexity index is 705. The van der Waals surface area contributed by atoms with Crippen LogP contribution in [0.1, 0.15) is 18.0 Å². The summed E-state index contributed by atoms with van der Waals surface area (Å²) in [5, 5.41) is 4.96. The van der Waals surface area contributed by atoms with E-state index in [1.165, 1.54) is 28.4 Å². The third-order valence-electron chi connectivity index (χ3n) is 3.78. The van der Waals surface area contributed by atoms with Gasteiger partial charge >= 0.3 is 0 Å². The quantitative estimate of drug-likeness (QED) is 0.945. The highest BCUT2D eigenvalue weighted by Gasteiger charge is 2.42. The highest BCUT2D eigenvalue weighted by Crippen LogP contribution is 2.37. The molecule has 22 heavy (non-hydrogen) atoms. The molecule has 0 spiro atoms. The van der Waals surface area contributed by atoms with Gasteiger partial charge in [0.1, 0.15) is 5.82 Å². The average Bonchev–Trinajstić information content (AvgIpc) is 3.08. The number of nitrogens with zero attached hydrogens (tertiary/aromatic N) is 2. The van der Waals surface area contributed by atoms with Gasteiger partial charge in [-0.3, -0.25) is 9.59 Å². The summed E-state index contributed by atoms with van der Waals surface area (Å²) in [5.74, 6) is -1.36. The van der Waals surface area contributed by atoms with Gasteiger partial charge in [-0.2, -0.15) is 0 Å². The van der Waals surface area contributed by atoms with Crippen LogP contribution in [-0.4, -0.2) is 28.7 Å². The van der Waals surface area contributed by atoms with Crippen LogP contribution < -0.4 is 5.32 Å². The fraction of sp³-hybridized carbons (Fsp3) is 0.267. The molecule has 114 valence electrons. The van der Waals surface area contributed by atoms with Gasteiger partial charge in [0.15, 0.2) is 5.13 Å². The maximum Gasteiger partial charge on any atom is 0.232 e. The molecule has 2 amide bonds. The zero-order chi connectivity index (χ0) is 15.7. The molecule has 7 heteroatoms. The van der Waals surface area contributed by atoms with Crippen LogP contribution in [0, 0.1) is 11.7 Å². The van der Waals surface area contributed by atoms with E-state index in [0.29, 0.717) is 10.7 Å². The number of likely N-dealkylation sites (tertiary alicyclic amines) is 1. The van der Waals surface area contributed by atoms with E-state index in [1.54, 1.807) is 30.8 Å². The van der Waals surface area contributed by atoms with Gasteiger partial charge in [-0.25, -0.2) is 9.37 Å². The van der Waals surface area contributed by atoms with E-state index in [1.807, 2.05) is 0 Å². The topological polar surface area (TPSA) is 62.3 Å². The molecule has 1 aliphatic heterocycles. The van der Waals surface area contributed by atoms with Crippen LogP contribution in [0.25, 0.3) is 0 Å². The largest absolute Gasteiger partial charge is 0.338 e. The van der Waals surface area contributed by atoms with Gasteiger partial charge in [0.25, 0.3) is 0 Å². The molecule has 0 saturated carbocycles. The molecule has 3 rings (SSSR count). The molecule has 1 N–H and O–H groups in total. The Hall–Kier alpha value is -2.28. The lowest BCUT2D eigenvalue weighted by atomic mass is 9.93. The zero-order valence-corrected chi connectivity index (χ0v) is 12.6. The summed E-state index contributed by atoms with van der Waals surface area (Å²) in [7, 11) is 1.63. The number of carbonyl (C=O) groups is 2. The summed E-state index contributed by atoms with van der Waals surface area (Å²) in [6.45, 7) is 0. The number of benzene rings is 1. The third-order valence-corrected chi connectivity index (χ3v) is 4.46. The first-order chi connectivity index (χ1) is 10.6. The van der Waals surface area contributed by atoms with Gasteiger partial charge in [0.2, 0.25) is 11.8 Å². The lowest BCUT2D eigenvalue weighted by Crippen LogP contribution is -2.30. The molecular weight excluding hydrogens is 305 g/mol. The fourth-order valence-corrected chi connectivity index (χ4v) is 3.27. The molecule has 1 aromatic carbocycles. The molecule has 5 nitrogen and oxygen atoms in total. The van der Waals surface area contributed by atoms with Crippen LogP contribution in [0.2, 0.25) is 0 Å². The first-order valence-electron chi connectivity index (χ1n) is 6.78. The molecule has 1 aliphatic rings. The number of carbonyl (C=O) groups excluding carboxylic acids is 2. The molecule has 0 aliphatic carbocycles. The van der Waals surface area contributed by atoms with Crippen molar-refractivity contribution >= 4 is 28.3 Å².